The second-order valence-electron chi connectivity index (χ2n) is 8.50. The topological polar surface area (TPSA) is 90.7 Å². The summed E-state index contributed by atoms with van der Waals surface area (Å²) in [6.07, 6.45) is 0.784. The fourth-order valence-electron chi connectivity index (χ4n) is 4.46. The standard InChI is InChI=1S/C25H25N5O3/c1-16-8-17(2)10-20(9-16)27-25(31)30-5-3-4-29(6-7-30)24-19(14-26)11-18-12-22-23(33-15-32-22)13-21(18)28-24/h8-13H,3-7,15H2,1-2H3,(H,27,31). The van der Waals surface area contributed by atoms with Crippen LogP contribution in [-0.2, 0) is 0 Å². The summed E-state index contributed by atoms with van der Waals surface area (Å²) in [7, 11) is 0. The number of amides is 2. The zero-order valence-corrected chi connectivity index (χ0v) is 18.7. The zero-order chi connectivity index (χ0) is 22.9. The molecule has 1 saturated heterocycles. The lowest BCUT2D eigenvalue weighted by Crippen LogP contribution is -2.38. The Labute approximate surface area is 192 Å². The fraction of sp³-hybridized carbons (Fsp3) is 0.320. The second kappa shape index (κ2) is 8.51. The summed E-state index contributed by atoms with van der Waals surface area (Å²) in [5, 5.41) is 13.6. The number of nitriles is 1. The summed E-state index contributed by atoms with van der Waals surface area (Å²) in [5.41, 5.74) is 4.29. The van der Waals surface area contributed by atoms with Gasteiger partial charge < -0.3 is 24.6 Å². The number of aryl methyl sites for hydroxylation is 2. The van der Waals surface area contributed by atoms with Crippen LogP contribution in [0.5, 0.6) is 11.5 Å². The number of anilines is 2. The van der Waals surface area contributed by atoms with Crippen molar-refractivity contribution in [2.45, 2.75) is 20.3 Å². The first-order valence-corrected chi connectivity index (χ1v) is 11.0. The van der Waals surface area contributed by atoms with E-state index < -0.39 is 0 Å². The highest BCUT2D eigenvalue weighted by atomic mass is 16.7. The van der Waals surface area contributed by atoms with Gasteiger partial charge in [0.25, 0.3) is 0 Å². The van der Waals surface area contributed by atoms with Gasteiger partial charge in [-0.3, -0.25) is 0 Å². The van der Waals surface area contributed by atoms with Crippen LogP contribution in [0.4, 0.5) is 16.3 Å². The number of carbonyl (C=O) groups excluding carboxylic acids is 1. The smallest absolute Gasteiger partial charge is 0.321 e. The minimum Gasteiger partial charge on any atom is -0.454 e. The molecule has 5 rings (SSSR count). The van der Waals surface area contributed by atoms with Crippen molar-refractivity contribution in [1.29, 1.82) is 5.26 Å². The molecule has 168 valence electrons. The van der Waals surface area contributed by atoms with Crippen LogP contribution in [0.1, 0.15) is 23.1 Å². The van der Waals surface area contributed by atoms with Crippen molar-refractivity contribution in [3.63, 3.8) is 0 Å². The van der Waals surface area contributed by atoms with E-state index in [2.05, 4.69) is 22.4 Å². The number of hydrogen-bond donors (Lipinski definition) is 1. The van der Waals surface area contributed by atoms with Crippen molar-refractivity contribution in [2.24, 2.45) is 0 Å². The summed E-state index contributed by atoms with van der Waals surface area (Å²) < 4.78 is 10.9. The Morgan fingerprint density at radius 2 is 1.76 bits per heavy atom. The molecule has 2 amide bonds. The summed E-state index contributed by atoms with van der Waals surface area (Å²) in [6, 6.07) is 13.7. The minimum absolute atomic E-state index is 0.110. The first-order chi connectivity index (χ1) is 16.0. The number of benzene rings is 2. The van der Waals surface area contributed by atoms with Crippen LogP contribution in [-0.4, -0.2) is 48.9 Å². The number of rotatable bonds is 2. The quantitative estimate of drug-likeness (QED) is 0.639. The van der Waals surface area contributed by atoms with Gasteiger partial charge in [-0.1, -0.05) is 6.07 Å². The van der Waals surface area contributed by atoms with E-state index >= 15 is 0 Å². The van der Waals surface area contributed by atoms with Crippen LogP contribution in [0, 0.1) is 25.2 Å². The number of ether oxygens (including phenoxy) is 2. The van der Waals surface area contributed by atoms with E-state index in [4.69, 9.17) is 14.5 Å². The van der Waals surface area contributed by atoms with Crippen LogP contribution < -0.4 is 19.7 Å². The largest absolute Gasteiger partial charge is 0.454 e. The molecule has 3 heterocycles. The molecule has 0 unspecified atom stereocenters. The third-order valence-corrected chi connectivity index (χ3v) is 5.97. The van der Waals surface area contributed by atoms with Crippen LogP contribution in [0.3, 0.4) is 0 Å². The molecule has 0 spiro atoms. The van der Waals surface area contributed by atoms with Crippen LogP contribution >= 0.6 is 0 Å². The van der Waals surface area contributed by atoms with Gasteiger partial charge in [0.1, 0.15) is 11.9 Å². The monoisotopic (exact) mass is 443 g/mol. The maximum absolute atomic E-state index is 12.9. The Kier molecular flexibility index (Phi) is 5.38. The second-order valence-corrected chi connectivity index (χ2v) is 8.50. The molecule has 0 atom stereocenters. The molecule has 0 bridgehead atoms. The normalized spacial score (nSPS) is 15.3. The molecule has 3 aromatic rings. The molecule has 0 radical (unpaired) electrons. The molecule has 8 nitrogen and oxygen atoms in total. The van der Waals surface area contributed by atoms with E-state index in [1.54, 1.807) is 0 Å². The molecule has 0 aliphatic carbocycles. The molecule has 0 saturated carbocycles. The van der Waals surface area contributed by atoms with E-state index in [0.29, 0.717) is 49.1 Å². The lowest BCUT2D eigenvalue weighted by molar-refractivity contribution is 0.174. The highest BCUT2D eigenvalue weighted by Gasteiger charge is 2.23. The van der Waals surface area contributed by atoms with Gasteiger partial charge in [0, 0.05) is 43.3 Å². The Hall–Kier alpha value is -3.99. The van der Waals surface area contributed by atoms with E-state index in [1.165, 1.54) is 0 Å². The Bertz CT molecular complexity index is 1260. The summed E-state index contributed by atoms with van der Waals surface area (Å²) >= 11 is 0. The summed E-state index contributed by atoms with van der Waals surface area (Å²) in [4.78, 5) is 21.6. The van der Waals surface area contributed by atoms with Gasteiger partial charge in [-0.05, 0) is 55.7 Å². The third-order valence-electron chi connectivity index (χ3n) is 5.97. The van der Waals surface area contributed by atoms with Gasteiger partial charge in [0.2, 0.25) is 6.79 Å². The van der Waals surface area contributed by atoms with Crippen LogP contribution in [0.2, 0.25) is 0 Å². The number of pyridine rings is 1. The van der Waals surface area contributed by atoms with Crippen molar-refractivity contribution in [1.82, 2.24) is 9.88 Å². The molecule has 33 heavy (non-hydrogen) atoms. The number of urea groups is 1. The predicted octanol–water partition coefficient (Wildman–Crippen LogP) is 4.20. The fourth-order valence-corrected chi connectivity index (χ4v) is 4.46. The van der Waals surface area contributed by atoms with Crippen molar-refractivity contribution in [3.8, 4) is 17.6 Å². The summed E-state index contributed by atoms with van der Waals surface area (Å²) in [5.74, 6) is 1.97. The van der Waals surface area contributed by atoms with E-state index in [9.17, 15) is 10.1 Å². The molecule has 2 aliphatic rings. The van der Waals surface area contributed by atoms with Crippen molar-refractivity contribution in [3.05, 3.63) is 53.1 Å². The molecule has 2 aliphatic heterocycles. The number of hydrogen-bond acceptors (Lipinski definition) is 6. The third kappa shape index (κ3) is 4.22. The van der Waals surface area contributed by atoms with Gasteiger partial charge in [-0.2, -0.15) is 5.26 Å². The van der Waals surface area contributed by atoms with Crippen LogP contribution in [0.15, 0.2) is 36.4 Å². The summed E-state index contributed by atoms with van der Waals surface area (Å²) in [6.45, 7) is 6.72. The lowest BCUT2D eigenvalue weighted by atomic mass is 10.1. The molecular formula is C25H25N5O3. The highest BCUT2D eigenvalue weighted by Crippen LogP contribution is 2.37. The molecule has 1 aromatic heterocycles. The number of aromatic nitrogens is 1. The number of nitrogens with one attached hydrogen (secondary N) is 1. The maximum atomic E-state index is 12.9. The number of fused-ring (bicyclic) bond motifs is 2. The van der Waals surface area contributed by atoms with E-state index in [-0.39, 0.29) is 12.8 Å². The van der Waals surface area contributed by atoms with Crippen LogP contribution in [0.25, 0.3) is 10.9 Å². The van der Waals surface area contributed by atoms with Gasteiger partial charge in [-0.15, -0.1) is 0 Å². The molecule has 1 fully saturated rings. The Morgan fingerprint density at radius 1 is 1.00 bits per heavy atom. The van der Waals surface area contributed by atoms with E-state index in [1.807, 2.05) is 49.1 Å². The minimum atomic E-state index is -0.110. The SMILES string of the molecule is Cc1cc(C)cc(NC(=O)N2CCCN(c3nc4cc5c(cc4cc3C#N)OCO5)CC2)c1. The molecule has 2 aromatic carbocycles. The maximum Gasteiger partial charge on any atom is 0.321 e. The van der Waals surface area contributed by atoms with Crippen molar-refractivity contribution in [2.75, 3.05) is 43.2 Å². The lowest BCUT2D eigenvalue weighted by Gasteiger charge is -2.24. The zero-order valence-electron chi connectivity index (χ0n) is 18.7. The van der Waals surface area contributed by atoms with Gasteiger partial charge in [0.15, 0.2) is 11.5 Å². The average molecular weight is 444 g/mol. The van der Waals surface area contributed by atoms with Crippen molar-refractivity contribution >= 4 is 28.4 Å². The van der Waals surface area contributed by atoms with Gasteiger partial charge in [-0.25, -0.2) is 9.78 Å². The van der Waals surface area contributed by atoms with Crippen molar-refractivity contribution < 1.29 is 14.3 Å². The average Bonchev–Trinajstić information content (AvgIpc) is 3.08. The predicted molar refractivity (Wildman–Crippen MR) is 126 cm³/mol. The first kappa shape index (κ1) is 20.9. The van der Waals surface area contributed by atoms with Gasteiger partial charge in [0.05, 0.1) is 11.1 Å². The number of carbonyl (C=O) groups is 1. The molecular weight excluding hydrogens is 418 g/mol. The Balaban J connectivity index is 1.34. The number of nitrogens with zero attached hydrogens (tertiary/aromatic N) is 4. The Morgan fingerprint density at radius 3 is 2.52 bits per heavy atom. The molecule has 1 N–H and O–H groups in total. The molecule has 8 heteroatoms. The van der Waals surface area contributed by atoms with Gasteiger partial charge >= 0.3 is 6.03 Å². The first-order valence-electron chi connectivity index (χ1n) is 11.0. The highest BCUT2D eigenvalue weighted by molar-refractivity contribution is 5.90. The van der Waals surface area contributed by atoms with E-state index in [0.717, 1.165) is 34.1 Å².